The van der Waals surface area contributed by atoms with E-state index in [0.717, 1.165) is 26.5 Å². The third kappa shape index (κ3) is 3.22. The molecule has 0 aliphatic carbocycles. The minimum absolute atomic E-state index is 0.107. The molecule has 0 radical (unpaired) electrons. The van der Waals surface area contributed by atoms with Crippen LogP contribution in [-0.4, -0.2) is 45.1 Å². The van der Waals surface area contributed by atoms with E-state index in [4.69, 9.17) is 0 Å². The highest BCUT2D eigenvalue weighted by molar-refractivity contribution is 7.86. The summed E-state index contributed by atoms with van der Waals surface area (Å²) in [5.74, 6) is -0.332. The van der Waals surface area contributed by atoms with Crippen molar-refractivity contribution in [1.82, 2.24) is 5.32 Å². The van der Waals surface area contributed by atoms with Crippen molar-refractivity contribution >= 4 is 10.1 Å². The van der Waals surface area contributed by atoms with Crippen LogP contribution in [0.4, 0.5) is 0 Å². The Morgan fingerprint density at radius 1 is 1.69 bits per heavy atom. The Morgan fingerprint density at radius 2 is 2.38 bits per heavy atom. The molecule has 0 saturated carbocycles. The minimum atomic E-state index is -3.55. The van der Waals surface area contributed by atoms with Crippen molar-refractivity contribution in [3.05, 3.63) is 0 Å². The standard InChI is InChI=1S/C7H15NO4S/c1-12-13(10,11)5-7(9)6-3-2-4-8-6/h6-9H,2-5H2,1H3/t6-,7+/m0/s1. The van der Waals surface area contributed by atoms with Gasteiger partial charge < -0.3 is 10.4 Å². The predicted molar refractivity (Wildman–Crippen MR) is 47.8 cm³/mol. The van der Waals surface area contributed by atoms with E-state index in [-0.39, 0.29) is 11.8 Å². The number of hydrogen-bond acceptors (Lipinski definition) is 5. The molecule has 0 amide bonds. The molecule has 6 heteroatoms. The van der Waals surface area contributed by atoms with Crippen LogP contribution >= 0.6 is 0 Å². The van der Waals surface area contributed by atoms with Crippen LogP contribution in [0, 0.1) is 0 Å². The Balaban J connectivity index is 2.44. The lowest BCUT2D eigenvalue weighted by Gasteiger charge is -2.17. The first kappa shape index (κ1) is 10.9. The first-order chi connectivity index (χ1) is 6.05. The molecule has 78 valence electrons. The summed E-state index contributed by atoms with van der Waals surface area (Å²) < 4.78 is 26.2. The maximum absolute atomic E-state index is 11.0. The van der Waals surface area contributed by atoms with E-state index in [9.17, 15) is 13.5 Å². The molecule has 13 heavy (non-hydrogen) atoms. The van der Waals surface area contributed by atoms with E-state index in [1.54, 1.807) is 0 Å². The Hall–Kier alpha value is -0.170. The summed E-state index contributed by atoms with van der Waals surface area (Å²) in [7, 11) is -2.44. The molecule has 2 N–H and O–H groups in total. The number of aliphatic hydroxyl groups is 1. The third-order valence-electron chi connectivity index (χ3n) is 2.19. The molecule has 0 bridgehead atoms. The first-order valence-electron chi connectivity index (χ1n) is 4.25. The zero-order chi connectivity index (χ0) is 9.90. The zero-order valence-corrected chi connectivity index (χ0v) is 8.38. The molecule has 0 spiro atoms. The Kier molecular flexibility index (Phi) is 3.66. The molecule has 5 nitrogen and oxygen atoms in total. The number of aliphatic hydroxyl groups excluding tert-OH is 1. The summed E-state index contributed by atoms with van der Waals surface area (Å²) in [5.41, 5.74) is 0. The minimum Gasteiger partial charge on any atom is -0.390 e. The van der Waals surface area contributed by atoms with Gasteiger partial charge in [0.15, 0.2) is 0 Å². The highest BCUT2D eigenvalue weighted by atomic mass is 32.2. The predicted octanol–water partition coefficient (Wildman–Crippen LogP) is -0.925. The molecule has 0 aromatic carbocycles. The van der Waals surface area contributed by atoms with Crippen LogP contribution in [0.5, 0.6) is 0 Å². The average molecular weight is 209 g/mol. The van der Waals surface area contributed by atoms with Gasteiger partial charge in [0.25, 0.3) is 10.1 Å². The van der Waals surface area contributed by atoms with Gasteiger partial charge in [-0.05, 0) is 19.4 Å². The van der Waals surface area contributed by atoms with Crippen LogP contribution in [0.2, 0.25) is 0 Å². The smallest absolute Gasteiger partial charge is 0.269 e. The summed E-state index contributed by atoms with van der Waals surface area (Å²) >= 11 is 0. The van der Waals surface area contributed by atoms with Gasteiger partial charge in [-0.3, -0.25) is 4.18 Å². The van der Waals surface area contributed by atoms with E-state index in [2.05, 4.69) is 9.50 Å². The highest BCUT2D eigenvalue weighted by Crippen LogP contribution is 2.11. The van der Waals surface area contributed by atoms with Crippen molar-refractivity contribution in [3.63, 3.8) is 0 Å². The molecule has 1 fully saturated rings. The van der Waals surface area contributed by atoms with E-state index >= 15 is 0 Å². The van der Waals surface area contributed by atoms with Crippen LogP contribution in [0.1, 0.15) is 12.8 Å². The van der Waals surface area contributed by atoms with Crippen molar-refractivity contribution in [1.29, 1.82) is 0 Å². The Morgan fingerprint density at radius 3 is 2.85 bits per heavy atom. The average Bonchev–Trinajstić information content (AvgIpc) is 2.55. The van der Waals surface area contributed by atoms with Crippen LogP contribution in [0.3, 0.4) is 0 Å². The highest BCUT2D eigenvalue weighted by Gasteiger charge is 2.27. The lowest BCUT2D eigenvalue weighted by Crippen LogP contribution is -2.39. The molecule has 1 saturated heterocycles. The van der Waals surface area contributed by atoms with Crippen LogP contribution in [-0.2, 0) is 14.3 Å². The summed E-state index contributed by atoms with van der Waals surface area (Å²) in [5, 5.41) is 12.5. The molecule has 1 aliphatic heterocycles. The van der Waals surface area contributed by atoms with Gasteiger partial charge in [0.1, 0.15) is 5.75 Å². The third-order valence-corrected chi connectivity index (χ3v) is 3.45. The van der Waals surface area contributed by atoms with Gasteiger partial charge in [0, 0.05) is 6.04 Å². The lowest BCUT2D eigenvalue weighted by atomic mass is 10.1. The van der Waals surface area contributed by atoms with Crippen molar-refractivity contribution in [2.75, 3.05) is 19.4 Å². The van der Waals surface area contributed by atoms with Crippen LogP contribution < -0.4 is 5.32 Å². The quantitative estimate of drug-likeness (QED) is 0.585. The summed E-state index contributed by atoms with van der Waals surface area (Å²) in [6.07, 6.45) is 0.933. The van der Waals surface area contributed by atoms with Crippen molar-refractivity contribution in [2.24, 2.45) is 0 Å². The van der Waals surface area contributed by atoms with Gasteiger partial charge in [-0.25, -0.2) is 0 Å². The molecular formula is C7H15NO4S. The van der Waals surface area contributed by atoms with Gasteiger partial charge in [-0.1, -0.05) is 0 Å². The molecule has 2 atom stereocenters. The molecule has 1 aliphatic rings. The molecule has 0 aromatic heterocycles. The largest absolute Gasteiger partial charge is 0.390 e. The van der Waals surface area contributed by atoms with Gasteiger partial charge in [0.05, 0.1) is 13.2 Å². The number of rotatable bonds is 4. The molecule has 1 heterocycles. The number of nitrogens with one attached hydrogen (secondary N) is 1. The molecule has 0 aromatic rings. The topological polar surface area (TPSA) is 75.6 Å². The van der Waals surface area contributed by atoms with Gasteiger partial charge >= 0.3 is 0 Å². The Bertz CT molecular complexity index is 245. The first-order valence-corrected chi connectivity index (χ1v) is 5.82. The normalized spacial score (nSPS) is 26.2. The molecule has 0 unspecified atom stereocenters. The summed E-state index contributed by atoms with van der Waals surface area (Å²) in [6.45, 7) is 0.842. The summed E-state index contributed by atoms with van der Waals surface area (Å²) in [4.78, 5) is 0. The maximum atomic E-state index is 11.0. The fourth-order valence-corrected chi connectivity index (χ4v) is 2.22. The molecule has 1 rings (SSSR count). The fraction of sp³-hybridized carbons (Fsp3) is 1.00. The Labute approximate surface area is 78.2 Å². The van der Waals surface area contributed by atoms with Crippen molar-refractivity contribution < 1.29 is 17.7 Å². The summed E-state index contributed by atoms with van der Waals surface area (Å²) in [6, 6.07) is -0.107. The van der Waals surface area contributed by atoms with E-state index in [1.165, 1.54) is 0 Å². The second-order valence-electron chi connectivity index (χ2n) is 3.16. The van der Waals surface area contributed by atoms with E-state index < -0.39 is 16.2 Å². The number of hydrogen-bond donors (Lipinski definition) is 2. The van der Waals surface area contributed by atoms with Gasteiger partial charge in [-0.15, -0.1) is 0 Å². The molecular weight excluding hydrogens is 194 g/mol. The van der Waals surface area contributed by atoms with E-state index in [1.807, 2.05) is 0 Å². The zero-order valence-electron chi connectivity index (χ0n) is 7.56. The fourth-order valence-electron chi connectivity index (χ4n) is 1.43. The van der Waals surface area contributed by atoms with Crippen molar-refractivity contribution in [3.8, 4) is 0 Å². The SMILES string of the molecule is COS(=O)(=O)C[C@@H](O)[C@@H]1CCCN1. The second-order valence-corrected chi connectivity index (χ2v) is 4.94. The monoisotopic (exact) mass is 209 g/mol. The lowest BCUT2D eigenvalue weighted by molar-refractivity contribution is 0.154. The van der Waals surface area contributed by atoms with Crippen LogP contribution in [0.25, 0.3) is 0 Å². The van der Waals surface area contributed by atoms with Gasteiger partial charge in [-0.2, -0.15) is 8.42 Å². The second kappa shape index (κ2) is 4.36. The maximum Gasteiger partial charge on any atom is 0.269 e. The van der Waals surface area contributed by atoms with Gasteiger partial charge in [0.2, 0.25) is 0 Å². The van der Waals surface area contributed by atoms with E-state index in [0.29, 0.717) is 0 Å². The van der Waals surface area contributed by atoms with Crippen molar-refractivity contribution in [2.45, 2.75) is 25.0 Å². The van der Waals surface area contributed by atoms with Crippen LogP contribution in [0.15, 0.2) is 0 Å².